The summed E-state index contributed by atoms with van der Waals surface area (Å²) in [5.74, 6) is 4.51. The van der Waals surface area contributed by atoms with Crippen LogP contribution in [0.15, 0.2) is 0 Å². The molecule has 0 bridgehead atoms. The molecule has 1 fully saturated rings. The van der Waals surface area contributed by atoms with Crippen LogP contribution in [-0.2, 0) is 0 Å². The number of hydrogen-bond donors (Lipinski definition) is 1. The van der Waals surface area contributed by atoms with Crippen molar-refractivity contribution in [2.75, 3.05) is 11.5 Å². The van der Waals surface area contributed by atoms with Crippen LogP contribution in [0.25, 0.3) is 0 Å². The van der Waals surface area contributed by atoms with Crippen molar-refractivity contribution in [1.29, 1.82) is 0 Å². The van der Waals surface area contributed by atoms with Crippen LogP contribution in [0.5, 0.6) is 0 Å². The molecule has 1 atom stereocenters. The van der Waals surface area contributed by atoms with Gasteiger partial charge in [-0.05, 0) is 49.0 Å². The minimum absolute atomic E-state index is 0.461. The van der Waals surface area contributed by atoms with E-state index in [2.05, 4.69) is 25.6 Å². The lowest BCUT2D eigenvalue weighted by Crippen LogP contribution is -2.27. The van der Waals surface area contributed by atoms with Crippen LogP contribution in [0.2, 0.25) is 0 Å². The van der Waals surface area contributed by atoms with Crippen molar-refractivity contribution in [1.82, 2.24) is 0 Å². The van der Waals surface area contributed by atoms with E-state index in [0.29, 0.717) is 6.04 Å². The van der Waals surface area contributed by atoms with E-state index in [1.165, 1.54) is 50.0 Å². The van der Waals surface area contributed by atoms with Gasteiger partial charge in [0.15, 0.2) is 0 Å². The summed E-state index contributed by atoms with van der Waals surface area (Å²) in [4.78, 5) is 0. The first-order valence-corrected chi connectivity index (χ1v) is 7.75. The van der Waals surface area contributed by atoms with Crippen molar-refractivity contribution >= 4 is 11.8 Å². The van der Waals surface area contributed by atoms with Crippen LogP contribution in [0, 0.1) is 11.8 Å². The van der Waals surface area contributed by atoms with Gasteiger partial charge in [-0.15, -0.1) is 0 Å². The molecule has 0 aromatic rings. The molecule has 0 aromatic heterocycles. The lowest BCUT2D eigenvalue weighted by atomic mass is 9.88. The van der Waals surface area contributed by atoms with Crippen molar-refractivity contribution in [3.63, 3.8) is 0 Å². The van der Waals surface area contributed by atoms with E-state index in [9.17, 15) is 0 Å². The van der Waals surface area contributed by atoms with Gasteiger partial charge in [0.25, 0.3) is 0 Å². The zero-order valence-electron chi connectivity index (χ0n) is 10.4. The Bertz CT molecular complexity index is 151. The molecule has 1 saturated heterocycles. The van der Waals surface area contributed by atoms with E-state index in [-0.39, 0.29) is 0 Å². The maximum Gasteiger partial charge on any atom is 0.00441 e. The number of nitrogens with two attached hydrogens (primary N) is 1. The van der Waals surface area contributed by atoms with Gasteiger partial charge in [0.1, 0.15) is 0 Å². The summed E-state index contributed by atoms with van der Waals surface area (Å²) in [6.45, 7) is 4.58. The summed E-state index contributed by atoms with van der Waals surface area (Å²) in [6.07, 6.45) is 7.92. The molecule has 0 spiro atoms. The van der Waals surface area contributed by atoms with Gasteiger partial charge in [-0.2, -0.15) is 11.8 Å². The first-order chi connectivity index (χ1) is 7.26. The molecule has 0 aromatic carbocycles. The fraction of sp³-hybridized carbons (Fsp3) is 1.00. The summed E-state index contributed by atoms with van der Waals surface area (Å²) in [5.41, 5.74) is 6.25. The third-order valence-corrected chi connectivity index (χ3v) is 4.82. The Morgan fingerprint density at radius 2 is 1.80 bits per heavy atom. The monoisotopic (exact) mass is 229 g/mol. The quantitative estimate of drug-likeness (QED) is 0.752. The van der Waals surface area contributed by atoms with E-state index in [0.717, 1.165) is 11.8 Å². The Morgan fingerprint density at radius 1 is 1.20 bits per heavy atom. The summed E-state index contributed by atoms with van der Waals surface area (Å²) >= 11 is 2.11. The van der Waals surface area contributed by atoms with Crippen molar-refractivity contribution in [2.45, 2.75) is 58.4 Å². The molecule has 1 aliphatic rings. The third kappa shape index (κ3) is 5.26. The summed E-state index contributed by atoms with van der Waals surface area (Å²) in [5, 5.41) is 0. The highest BCUT2D eigenvalue weighted by Crippen LogP contribution is 2.27. The zero-order chi connectivity index (χ0) is 11.1. The Morgan fingerprint density at radius 3 is 2.33 bits per heavy atom. The standard InChI is InChI=1S/C13H27NS/c1-3-11(4-2)9-13(14)10-12-5-7-15-8-6-12/h11-13H,3-10,14H2,1-2H3. The molecule has 0 aliphatic carbocycles. The second-order valence-corrected chi connectivity index (χ2v) is 6.19. The lowest BCUT2D eigenvalue weighted by Gasteiger charge is -2.26. The van der Waals surface area contributed by atoms with E-state index in [4.69, 9.17) is 5.73 Å². The van der Waals surface area contributed by atoms with E-state index in [1.54, 1.807) is 0 Å². The molecule has 0 amide bonds. The van der Waals surface area contributed by atoms with Crippen LogP contribution < -0.4 is 5.73 Å². The number of rotatable bonds is 6. The average molecular weight is 229 g/mol. The first-order valence-electron chi connectivity index (χ1n) is 6.59. The minimum Gasteiger partial charge on any atom is -0.328 e. The SMILES string of the molecule is CCC(CC)CC(N)CC1CCSCC1. The van der Waals surface area contributed by atoms with E-state index >= 15 is 0 Å². The Kier molecular flexibility index (Phi) is 6.74. The minimum atomic E-state index is 0.461. The van der Waals surface area contributed by atoms with Gasteiger partial charge in [0, 0.05) is 6.04 Å². The molecule has 1 rings (SSSR count). The molecule has 1 aliphatic heterocycles. The van der Waals surface area contributed by atoms with Crippen LogP contribution in [0.4, 0.5) is 0 Å². The van der Waals surface area contributed by atoms with Gasteiger partial charge < -0.3 is 5.73 Å². The fourth-order valence-corrected chi connectivity index (χ4v) is 3.76. The maximum absolute atomic E-state index is 6.25. The number of hydrogen-bond acceptors (Lipinski definition) is 2. The second-order valence-electron chi connectivity index (χ2n) is 4.97. The topological polar surface area (TPSA) is 26.0 Å². The summed E-state index contributed by atoms with van der Waals surface area (Å²) in [7, 11) is 0. The lowest BCUT2D eigenvalue weighted by molar-refractivity contribution is 0.342. The second kappa shape index (κ2) is 7.56. The molecule has 2 N–H and O–H groups in total. The smallest absolute Gasteiger partial charge is 0.00441 e. The zero-order valence-corrected chi connectivity index (χ0v) is 11.2. The highest BCUT2D eigenvalue weighted by atomic mass is 32.2. The van der Waals surface area contributed by atoms with Crippen molar-refractivity contribution < 1.29 is 0 Å². The Hall–Kier alpha value is 0.310. The Balaban J connectivity index is 2.18. The van der Waals surface area contributed by atoms with Crippen LogP contribution in [-0.4, -0.2) is 17.5 Å². The predicted molar refractivity (Wildman–Crippen MR) is 71.3 cm³/mol. The highest BCUT2D eigenvalue weighted by Gasteiger charge is 2.18. The van der Waals surface area contributed by atoms with Crippen molar-refractivity contribution in [2.24, 2.45) is 17.6 Å². The molecule has 1 unspecified atom stereocenters. The van der Waals surface area contributed by atoms with Gasteiger partial charge in [-0.3, -0.25) is 0 Å². The van der Waals surface area contributed by atoms with Crippen LogP contribution in [0.1, 0.15) is 52.4 Å². The van der Waals surface area contributed by atoms with Gasteiger partial charge in [-0.25, -0.2) is 0 Å². The largest absolute Gasteiger partial charge is 0.328 e. The molecule has 1 heterocycles. The van der Waals surface area contributed by atoms with Gasteiger partial charge in [0.2, 0.25) is 0 Å². The molecular weight excluding hydrogens is 202 g/mol. The van der Waals surface area contributed by atoms with E-state index in [1.807, 2.05) is 0 Å². The molecule has 15 heavy (non-hydrogen) atoms. The predicted octanol–water partition coefficient (Wildman–Crippen LogP) is 3.67. The van der Waals surface area contributed by atoms with Crippen molar-refractivity contribution in [3.05, 3.63) is 0 Å². The van der Waals surface area contributed by atoms with Crippen molar-refractivity contribution in [3.8, 4) is 0 Å². The fourth-order valence-electron chi connectivity index (χ4n) is 2.56. The molecule has 90 valence electrons. The normalized spacial score (nSPS) is 20.8. The van der Waals surface area contributed by atoms with Gasteiger partial charge >= 0.3 is 0 Å². The average Bonchev–Trinajstić information content (AvgIpc) is 2.27. The third-order valence-electron chi connectivity index (χ3n) is 3.77. The van der Waals surface area contributed by atoms with Crippen LogP contribution >= 0.6 is 11.8 Å². The van der Waals surface area contributed by atoms with Gasteiger partial charge in [0.05, 0.1) is 0 Å². The van der Waals surface area contributed by atoms with Crippen LogP contribution in [0.3, 0.4) is 0 Å². The van der Waals surface area contributed by atoms with E-state index < -0.39 is 0 Å². The molecule has 0 radical (unpaired) electrons. The molecule has 0 saturated carbocycles. The summed E-state index contributed by atoms with van der Waals surface area (Å²) < 4.78 is 0. The maximum atomic E-state index is 6.25. The van der Waals surface area contributed by atoms with Gasteiger partial charge in [-0.1, -0.05) is 26.7 Å². The Labute approximate surface area is 99.6 Å². The summed E-state index contributed by atoms with van der Waals surface area (Å²) in [6, 6.07) is 0.461. The highest BCUT2D eigenvalue weighted by molar-refractivity contribution is 7.99. The molecular formula is C13H27NS. The first kappa shape index (κ1) is 13.4. The molecule has 1 nitrogen and oxygen atoms in total. The number of thioether (sulfide) groups is 1. The molecule has 2 heteroatoms.